The number of ether oxygens (including phenoxy) is 1. The number of amides is 2. The number of carbonyl (C=O) groups excluding carboxylic acids is 4. The Morgan fingerprint density at radius 1 is 0.879 bits per heavy atom. The summed E-state index contributed by atoms with van der Waals surface area (Å²) in [6.45, 7) is 1.56. The zero-order chi connectivity index (χ0) is 23.4. The number of aryl methyl sites for hydroxylation is 1. The van der Waals surface area contributed by atoms with Crippen LogP contribution in [0.1, 0.15) is 32.7 Å². The minimum absolute atomic E-state index is 0.145. The molecule has 0 unspecified atom stereocenters. The van der Waals surface area contributed by atoms with Gasteiger partial charge in [0, 0.05) is 15.2 Å². The van der Waals surface area contributed by atoms with Crippen molar-refractivity contribution in [2.45, 2.75) is 23.0 Å². The molecule has 0 N–H and O–H groups in total. The standard InChI is InChI=1S/C25H21Br2NO5/c1-12-2-4-13(5-3-12)18(29)11-33-25(32)14-6-8-15(9-7-14)28-23(30)19-16-10-17(20(19)24(28)31)22(27)21(16)26/h2-9,16-17,19-22H,10-11H2,1H3/t16-,17-,19-,20-,21+,22+/m1/s1. The van der Waals surface area contributed by atoms with E-state index in [1.165, 1.54) is 17.0 Å². The third kappa shape index (κ3) is 3.67. The summed E-state index contributed by atoms with van der Waals surface area (Å²) < 4.78 is 5.16. The second-order valence-corrected chi connectivity index (χ2v) is 11.0. The Morgan fingerprint density at radius 2 is 1.39 bits per heavy atom. The minimum atomic E-state index is -0.639. The van der Waals surface area contributed by atoms with E-state index in [9.17, 15) is 19.2 Å². The number of hydrogen-bond donors (Lipinski definition) is 0. The van der Waals surface area contributed by atoms with Crippen LogP contribution in [-0.2, 0) is 14.3 Å². The number of imide groups is 1. The molecule has 33 heavy (non-hydrogen) atoms. The van der Waals surface area contributed by atoms with Crippen molar-refractivity contribution in [2.24, 2.45) is 23.7 Å². The van der Waals surface area contributed by atoms with Crippen LogP contribution in [-0.4, -0.2) is 39.8 Å². The van der Waals surface area contributed by atoms with Gasteiger partial charge in [-0.2, -0.15) is 0 Å². The van der Waals surface area contributed by atoms with Crippen LogP contribution in [0.25, 0.3) is 0 Å². The van der Waals surface area contributed by atoms with E-state index in [2.05, 4.69) is 31.9 Å². The Labute approximate surface area is 207 Å². The van der Waals surface area contributed by atoms with Gasteiger partial charge in [0.05, 0.1) is 23.1 Å². The first-order valence-corrected chi connectivity index (χ1v) is 12.6. The average Bonchev–Trinajstić information content (AvgIpc) is 3.42. The van der Waals surface area contributed by atoms with E-state index < -0.39 is 5.97 Å². The molecule has 3 fully saturated rings. The number of carbonyl (C=O) groups is 4. The Morgan fingerprint density at radius 3 is 1.94 bits per heavy atom. The van der Waals surface area contributed by atoms with Crippen LogP contribution in [0, 0.1) is 30.6 Å². The summed E-state index contributed by atoms with van der Waals surface area (Å²) in [5.41, 5.74) is 2.21. The SMILES string of the molecule is Cc1ccc(C(=O)COC(=O)c2ccc(N3C(=O)[C@@H]4[C@H]5C[C@@H]([C@H](Br)[C@H]5Br)[C@H]4C3=O)cc2)cc1. The number of nitrogens with zero attached hydrogens (tertiary/aromatic N) is 1. The lowest BCUT2D eigenvalue weighted by atomic mass is 9.81. The fraction of sp³-hybridized carbons (Fsp3) is 0.360. The van der Waals surface area contributed by atoms with Crippen molar-refractivity contribution in [3.8, 4) is 0 Å². The molecule has 0 radical (unpaired) electrons. The summed E-state index contributed by atoms with van der Waals surface area (Å²) in [6.07, 6.45) is 0.874. The second-order valence-electron chi connectivity index (χ2n) is 8.93. The number of benzene rings is 2. The van der Waals surface area contributed by atoms with Gasteiger partial charge in [-0.05, 0) is 49.4 Å². The van der Waals surface area contributed by atoms with Gasteiger partial charge in [0.2, 0.25) is 11.8 Å². The first-order chi connectivity index (χ1) is 15.8. The van der Waals surface area contributed by atoms with Crippen molar-refractivity contribution < 1.29 is 23.9 Å². The topological polar surface area (TPSA) is 80.8 Å². The molecule has 5 rings (SSSR count). The Kier molecular flexibility index (Phi) is 5.77. The highest BCUT2D eigenvalue weighted by Gasteiger charge is 2.66. The number of fused-ring (bicyclic) bond motifs is 5. The number of esters is 1. The number of hydrogen-bond acceptors (Lipinski definition) is 5. The lowest BCUT2D eigenvalue weighted by Gasteiger charge is -2.28. The van der Waals surface area contributed by atoms with Crippen LogP contribution < -0.4 is 4.90 Å². The van der Waals surface area contributed by atoms with Crippen molar-refractivity contribution in [3.63, 3.8) is 0 Å². The number of alkyl halides is 2. The van der Waals surface area contributed by atoms with Crippen LogP contribution >= 0.6 is 31.9 Å². The molecule has 0 aromatic heterocycles. The zero-order valence-electron chi connectivity index (χ0n) is 17.7. The fourth-order valence-electron chi connectivity index (χ4n) is 5.39. The van der Waals surface area contributed by atoms with Gasteiger partial charge in [-0.3, -0.25) is 19.3 Å². The fourth-order valence-corrected chi connectivity index (χ4v) is 7.26. The van der Waals surface area contributed by atoms with Crippen LogP contribution in [0.5, 0.6) is 0 Å². The summed E-state index contributed by atoms with van der Waals surface area (Å²) in [7, 11) is 0. The summed E-state index contributed by atoms with van der Waals surface area (Å²) in [5, 5.41) is 0. The van der Waals surface area contributed by atoms with Gasteiger partial charge in [-0.25, -0.2) is 4.79 Å². The van der Waals surface area contributed by atoms with E-state index in [-0.39, 0.29) is 63.1 Å². The maximum atomic E-state index is 13.1. The summed E-state index contributed by atoms with van der Waals surface area (Å²) >= 11 is 7.37. The third-order valence-corrected chi connectivity index (χ3v) is 10.3. The highest BCUT2D eigenvalue weighted by Crippen LogP contribution is 2.60. The monoisotopic (exact) mass is 573 g/mol. The number of ketones is 1. The first-order valence-electron chi connectivity index (χ1n) is 10.8. The smallest absolute Gasteiger partial charge is 0.338 e. The highest BCUT2D eigenvalue weighted by atomic mass is 79.9. The van der Waals surface area contributed by atoms with Gasteiger partial charge < -0.3 is 4.74 Å². The van der Waals surface area contributed by atoms with E-state index in [0.717, 1.165) is 12.0 Å². The molecular formula is C25H21Br2NO5. The van der Waals surface area contributed by atoms with Gasteiger partial charge >= 0.3 is 5.97 Å². The molecule has 8 heteroatoms. The Hall–Kier alpha value is -2.32. The molecule has 1 heterocycles. The van der Waals surface area contributed by atoms with Gasteiger partial charge in [-0.1, -0.05) is 61.7 Å². The van der Waals surface area contributed by atoms with E-state index in [1.807, 2.05) is 19.1 Å². The molecule has 6 nitrogen and oxygen atoms in total. The molecule has 0 spiro atoms. The number of anilines is 1. The molecule has 2 aromatic rings. The molecule has 2 aromatic carbocycles. The van der Waals surface area contributed by atoms with Gasteiger partial charge in [0.25, 0.3) is 0 Å². The first kappa shape index (κ1) is 22.5. The lowest BCUT2D eigenvalue weighted by Crippen LogP contribution is -2.37. The predicted octanol–water partition coefficient (Wildman–Crippen LogP) is 4.32. The average molecular weight is 575 g/mol. The zero-order valence-corrected chi connectivity index (χ0v) is 20.9. The van der Waals surface area contributed by atoms with Crippen LogP contribution in [0.2, 0.25) is 0 Å². The van der Waals surface area contributed by atoms with Crippen molar-refractivity contribution >= 4 is 61.1 Å². The number of halogens is 2. The molecule has 2 amide bonds. The van der Waals surface area contributed by atoms with E-state index in [4.69, 9.17) is 4.74 Å². The number of rotatable bonds is 5. The molecule has 2 aliphatic carbocycles. The quantitative estimate of drug-likeness (QED) is 0.230. The molecule has 6 atom stereocenters. The van der Waals surface area contributed by atoms with Gasteiger partial charge in [0.1, 0.15) is 0 Å². The Balaban J connectivity index is 1.26. The van der Waals surface area contributed by atoms with Crippen LogP contribution in [0.3, 0.4) is 0 Å². The molecular weight excluding hydrogens is 554 g/mol. The minimum Gasteiger partial charge on any atom is -0.454 e. The van der Waals surface area contributed by atoms with Crippen molar-refractivity contribution in [2.75, 3.05) is 11.5 Å². The Bertz CT molecular complexity index is 1110. The van der Waals surface area contributed by atoms with E-state index >= 15 is 0 Å². The third-order valence-electron chi connectivity index (χ3n) is 7.06. The van der Waals surface area contributed by atoms with Gasteiger partial charge in [-0.15, -0.1) is 0 Å². The normalized spacial score (nSPS) is 30.0. The van der Waals surface area contributed by atoms with E-state index in [1.54, 1.807) is 24.3 Å². The predicted molar refractivity (Wildman–Crippen MR) is 129 cm³/mol. The largest absolute Gasteiger partial charge is 0.454 e. The summed E-state index contributed by atoms with van der Waals surface area (Å²) in [4.78, 5) is 52.5. The molecule has 1 aliphatic heterocycles. The molecule has 2 bridgehead atoms. The maximum Gasteiger partial charge on any atom is 0.338 e. The summed E-state index contributed by atoms with van der Waals surface area (Å²) in [6, 6.07) is 13.2. The molecule has 1 saturated heterocycles. The van der Waals surface area contributed by atoms with Crippen molar-refractivity contribution in [3.05, 3.63) is 65.2 Å². The molecule has 170 valence electrons. The highest BCUT2D eigenvalue weighted by molar-refractivity contribution is 9.12. The van der Waals surface area contributed by atoms with Gasteiger partial charge in [0.15, 0.2) is 12.4 Å². The maximum absolute atomic E-state index is 13.1. The van der Waals surface area contributed by atoms with Crippen LogP contribution in [0.4, 0.5) is 5.69 Å². The molecule has 3 aliphatic rings. The van der Waals surface area contributed by atoms with Crippen molar-refractivity contribution in [1.82, 2.24) is 0 Å². The summed E-state index contributed by atoms with van der Waals surface area (Å²) in [5.74, 6) is -1.56. The number of Topliss-reactive ketones (excluding diaryl/α,β-unsaturated/α-hetero) is 1. The lowest BCUT2D eigenvalue weighted by molar-refractivity contribution is -0.123. The van der Waals surface area contributed by atoms with Crippen LogP contribution in [0.15, 0.2) is 48.5 Å². The van der Waals surface area contributed by atoms with E-state index in [0.29, 0.717) is 11.3 Å². The van der Waals surface area contributed by atoms with Crippen molar-refractivity contribution in [1.29, 1.82) is 0 Å². The molecule has 2 saturated carbocycles. The second kappa shape index (κ2) is 8.47.